The summed E-state index contributed by atoms with van der Waals surface area (Å²) in [6.07, 6.45) is 1.79. The number of nitrogens with zero attached hydrogens (tertiary/aromatic N) is 3. The van der Waals surface area contributed by atoms with Crippen LogP contribution in [0.15, 0.2) is 97.2 Å². The van der Waals surface area contributed by atoms with E-state index in [0.717, 1.165) is 70.4 Å². The van der Waals surface area contributed by atoms with Crippen LogP contribution in [0.1, 0.15) is 15.9 Å². The third kappa shape index (κ3) is 4.95. The molecule has 0 unspecified atom stereocenters. The third-order valence-electron chi connectivity index (χ3n) is 8.65. The summed E-state index contributed by atoms with van der Waals surface area (Å²) in [6, 6.07) is 30.2. The van der Waals surface area contributed by atoms with Gasteiger partial charge in [0.25, 0.3) is 0 Å². The van der Waals surface area contributed by atoms with Gasteiger partial charge in [-0.1, -0.05) is 48.5 Å². The van der Waals surface area contributed by atoms with E-state index < -0.39 is 0 Å². The van der Waals surface area contributed by atoms with Crippen molar-refractivity contribution in [1.29, 1.82) is 0 Å². The number of ketones is 1. The van der Waals surface area contributed by atoms with Crippen molar-refractivity contribution < 1.29 is 14.3 Å². The molecular formula is C37H34N4O3. The molecule has 1 fully saturated rings. The summed E-state index contributed by atoms with van der Waals surface area (Å²) >= 11 is 0. The Kier molecular flexibility index (Phi) is 7.24. The molecule has 7 heteroatoms. The number of carbonyl (C=O) groups excluding carboxylic acids is 1. The number of anilines is 1. The van der Waals surface area contributed by atoms with Gasteiger partial charge in [0.05, 0.1) is 19.8 Å². The molecule has 6 aromatic rings. The molecule has 220 valence electrons. The molecule has 1 saturated heterocycles. The molecule has 0 atom stereocenters. The highest BCUT2D eigenvalue weighted by Gasteiger charge is 2.22. The lowest BCUT2D eigenvalue weighted by Gasteiger charge is -2.34. The molecule has 0 bridgehead atoms. The van der Waals surface area contributed by atoms with Crippen LogP contribution in [-0.2, 0) is 0 Å². The highest BCUT2D eigenvalue weighted by Crippen LogP contribution is 2.42. The molecule has 44 heavy (non-hydrogen) atoms. The number of hydrogen-bond donors (Lipinski definition) is 1. The summed E-state index contributed by atoms with van der Waals surface area (Å²) in [6.45, 7) is 4.25. The minimum absolute atomic E-state index is 0.123. The van der Waals surface area contributed by atoms with Crippen molar-refractivity contribution in [3.05, 3.63) is 108 Å². The summed E-state index contributed by atoms with van der Waals surface area (Å²) in [5.74, 6) is 0.950. The van der Waals surface area contributed by atoms with E-state index in [1.54, 1.807) is 38.6 Å². The summed E-state index contributed by atoms with van der Waals surface area (Å²) in [7, 11) is 5.39. The van der Waals surface area contributed by atoms with Gasteiger partial charge in [-0.2, -0.15) is 0 Å². The minimum Gasteiger partial charge on any atom is -0.496 e. The number of aromatic amines is 1. The van der Waals surface area contributed by atoms with Crippen LogP contribution in [0, 0.1) is 0 Å². The van der Waals surface area contributed by atoms with Crippen LogP contribution in [0.25, 0.3) is 44.2 Å². The number of piperazine rings is 1. The Balaban J connectivity index is 1.31. The second-order valence-corrected chi connectivity index (χ2v) is 11.3. The van der Waals surface area contributed by atoms with Crippen LogP contribution < -0.4 is 14.4 Å². The van der Waals surface area contributed by atoms with E-state index in [1.165, 1.54) is 5.69 Å². The van der Waals surface area contributed by atoms with Crippen molar-refractivity contribution in [3.63, 3.8) is 0 Å². The van der Waals surface area contributed by atoms with Crippen molar-refractivity contribution in [3.8, 4) is 33.8 Å². The van der Waals surface area contributed by atoms with Crippen LogP contribution in [0.2, 0.25) is 0 Å². The molecule has 7 nitrogen and oxygen atoms in total. The molecule has 3 heterocycles. The maximum Gasteiger partial charge on any atom is 0.196 e. The summed E-state index contributed by atoms with van der Waals surface area (Å²) in [4.78, 5) is 26.4. The van der Waals surface area contributed by atoms with Crippen molar-refractivity contribution >= 4 is 33.4 Å². The molecule has 4 aromatic carbocycles. The van der Waals surface area contributed by atoms with Gasteiger partial charge in [-0.05, 0) is 66.2 Å². The molecule has 7 rings (SSSR count). The summed E-state index contributed by atoms with van der Waals surface area (Å²) < 4.78 is 11.6. The Hall–Kier alpha value is -5.14. The van der Waals surface area contributed by atoms with Gasteiger partial charge in [-0.15, -0.1) is 0 Å². The van der Waals surface area contributed by atoms with Crippen molar-refractivity contribution in [1.82, 2.24) is 14.9 Å². The SMILES string of the molecule is COc1cc(-c2ccnc3[nH]c4ccc(-c5ccc(N6CCN(C)CC6)cc5)cc4c23)c(OC)cc1C(=O)c1ccccc1. The monoisotopic (exact) mass is 582 g/mol. The maximum absolute atomic E-state index is 13.4. The van der Waals surface area contributed by atoms with Gasteiger partial charge in [-0.3, -0.25) is 4.79 Å². The number of aromatic nitrogens is 2. The van der Waals surface area contributed by atoms with Gasteiger partial charge >= 0.3 is 0 Å². The number of rotatable bonds is 7. The fourth-order valence-corrected chi connectivity index (χ4v) is 6.18. The van der Waals surface area contributed by atoms with E-state index >= 15 is 0 Å². The minimum atomic E-state index is -0.123. The molecule has 2 aromatic heterocycles. The zero-order valence-corrected chi connectivity index (χ0v) is 25.1. The highest BCUT2D eigenvalue weighted by atomic mass is 16.5. The third-order valence-corrected chi connectivity index (χ3v) is 8.65. The van der Waals surface area contributed by atoms with Gasteiger partial charge in [-0.25, -0.2) is 4.98 Å². The fraction of sp³-hybridized carbons (Fsp3) is 0.189. The largest absolute Gasteiger partial charge is 0.496 e. The number of H-pyrrole nitrogens is 1. The normalized spacial score (nSPS) is 13.8. The zero-order chi connectivity index (χ0) is 30.2. The average molecular weight is 583 g/mol. The molecule has 1 aliphatic heterocycles. The van der Waals surface area contributed by atoms with Crippen LogP contribution in [0.3, 0.4) is 0 Å². The lowest BCUT2D eigenvalue weighted by atomic mass is 9.95. The second kappa shape index (κ2) is 11.5. The zero-order valence-electron chi connectivity index (χ0n) is 25.1. The number of fused-ring (bicyclic) bond motifs is 3. The molecule has 0 saturated carbocycles. The first-order valence-electron chi connectivity index (χ1n) is 14.8. The predicted molar refractivity (Wildman–Crippen MR) is 177 cm³/mol. The van der Waals surface area contributed by atoms with Gasteiger partial charge in [0.2, 0.25) is 0 Å². The van der Waals surface area contributed by atoms with Gasteiger partial charge < -0.3 is 24.3 Å². The highest BCUT2D eigenvalue weighted by molar-refractivity contribution is 6.15. The van der Waals surface area contributed by atoms with Crippen molar-refractivity contribution in [2.45, 2.75) is 0 Å². The lowest BCUT2D eigenvalue weighted by molar-refractivity contribution is 0.103. The summed E-state index contributed by atoms with van der Waals surface area (Å²) in [5, 5.41) is 2.05. The van der Waals surface area contributed by atoms with Crippen LogP contribution in [-0.4, -0.2) is 68.1 Å². The number of hydrogen-bond acceptors (Lipinski definition) is 6. The Morgan fingerprint density at radius 1 is 0.773 bits per heavy atom. The molecule has 0 radical (unpaired) electrons. The van der Waals surface area contributed by atoms with Gasteiger partial charge in [0.1, 0.15) is 17.1 Å². The predicted octanol–water partition coefficient (Wildman–Crippen LogP) is 7.05. The van der Waals surface area contributed by atoms with Crippen LogP contribution >= 0.6 is 0 Å². The number of methoxy groups -OCH3 is 2. The Labute approximate surface area is 256 Å². The molecule has 1 N–H and O–H groups in total. The number of ether oxygens (including phenoxy) is 2. The first kappa shape index (κ1) is 27.7. The maximum atomic E-state index is 13.4. The fourth-order valence-electron chi connectivity index (χ4n) is 6.18. The standard InChI is InChI=1S/C37H34N4O3/c1-40-17-19-41(20-18-40)27-12-9-24(10-13-27)26-11-14-32-30(21-26)35-28(15-16-38-37(35)39-32)29-22-34(44-3)31(23-33(29)43-2)36(42)25-7-5-4-6-8-25/h4-16,21-23H,17-20H2,1-3H3,(H,38,39). The topological polar surface area (TPSA) is 70.7 Å². The van der Waals surface area contributed by atoms with E-state index in [1.807, 2.05) is 30.3 Å². The first-order chi connectivity index (χ1) is 21.5. The van der Waals surface area contributed by atoms with Crippen molar-refractivity contribution in [2.24, 2.45) is 0 Å². The second-order valence-electron chi connectivity index (χ2n) is 11.3. The number of nitrogens with one attached hydrogen (secondary N) is 1. The van der Waals surface area contributed by atoms with E-state index in [4.69, 9.17) is 9.47 Å². The molecule has 0 aliphatic carbocycles. The van der Waals surface area contributed by atoms with Crippen LogP contribution in [0.5, 0.6) is 11.5 Å². The molecular weight excluding hydrogens is 548 g/mol. The number of likely N-dealkylation sites (N-methyl/N-ethyl adjacent to an activating group) is 1. The first-order valence-corrected chi connectivity index (χ1v) is 14.8. The Bertz CT molecular complexity index is 1970. The quantitative estimate of drug-likeness (QED) is 0.204. The number of carbonyl (C=O) groups is 1. The van der Waals surface area contributed by atoms with Crippen LogP contribution in [0.4, 0.5) is 5.69 Å². The smallest absolute Gasteiger partial charge is 0.196 e. The van der Waals surface area contributed by atoms with Gasteiger partial charge in [0, 0.05) is 65.5 Å². The van der Waals surface area contributed by atoms with E-state index in [-0.39, 0.29) is 5.78 Å². The van der Waals surface area contributed by atoms with E-state index in [2.05, 4.69) is 69.3 Å². The average Bonchev–Trinajstić information content (AvgIpc) is 3.46. The Morgan fingerprint density at radius 2 is 1.50 bits per heavy atom. The number of pyridine rings is 1. The molecule has 1 aliphatic rings. The summed E-state index contributed by atoms with van der Waals surface area (Å²) in [5.41, 5.74) is 8.14. The lowest BCUT2D eigenvalue weighted by Crippen LogP contribution is -2.44. The van der Waals surface area contributed by atoms with E-state index in [0.29, 0.717) is 22.6 Å². The number of benzene rings is 4. The van der Waals surface area contributed by atoms with Gasteiger partial charge in [0.15, 0.2) is 5.78 Å². The molecule has 0 spiro atoms. The Morgan fingerprint density at radius 3 is 2.23 bits per heavy atom. The van der Waals surface area contributed by atoms with Crippen molar-refractivity contribution in [2.75, 3.05) is 52.3 Å². The molecule has 0 amide bonds. The van der Waals surface area contributed by atoms with E-state index in [9.17, 15) is 4.79 Å².